The molecule has 0 bridgehead atoms. The van der Waals surface area contributed by atoms with E-state index in [4.69, 9.17) is 4.74 Å². The number of rotatable bonds is 5. The van der Waals surface area contributed by atoms with Crippen LogP contribution in [-0.4, -0.2) is 42.2 Å². The standard InChI is InChI=1S/C15H18FNO3S/c1-20-15(19)13-3-2-9-17(13)14(18)8-10-21-12-6-4-11(16)5-7-12/h4-7,13H,2-3,8-10H2,1H3. The molecule has 1 atom stereocenters. The quantitative estimate of drug-likeness (QED) is 0.619. The normalized spacial score (nSPS) is 17.8. The molecule has 4 nitrogen and oxygen atoms in total. The smallest absolute Gasteiger partial charge is 0.328 e. The number of halogens is 1. The van der Waals surface area contributed by atoms with Gasteiger partial charge in [-0.05, 0) is 37.1 Å². The van der Waals surface area contributed by atoms with Crippen molar-refractivity contribution in [2.24, 2.45) is 0 Å². The average molecular weight is 311 g/mol. The SMILES string of the molecule is COC(=O)C1CCCN1C(=O)CCSc1ccc(F)cc1. The molecule has 1 saturated heterocycles. The first-order valence-electron chi connectivity index (χ1n) is 6.87. The molecule has 0 spiro atoms. The Morgan fingerprint density at radius 2 is 2.10 bits per heavy atom. The monoisotopic (exact) mass is 311 g/mol. The molecule has 1 fully saturated rings. The summed E-state index contributed by atoms with van der Waals surface area (Å²) in [5.41, 5.74) is 0. The Bertz CT molecular complexity index is 506. The zero-order valence-electron chi connectivity index (χ0n) is 11.9. The highest BCUT2D eigenvalue weighted by Gasteiger charge is 2.34. The van der Waals surface area contributed by atoms with Gasteiger partial charge in [-0.2, -0.15) is 0 Å². The Hall–Kier alpha value is -1.56. The number of thioether (sulfide) groups is 1. The van der Waals surface area contributed by atoms with Gasteiger partial charge in [0.05, 0.1) is 7.11 Å². The summed E-state index contributed by atoms with van der Waals surface area (Å²) < 4.78 is 17.5. The van der Waals surface area contributed by atoms with Gasteiger partial charge in [-0.25, -0.2) is 9.18 Å². The van der Waals surface area contributed by atoms with E-state index in [1.165, 1.54) is 31.0 Å². The topological polar surface area (TPSA) is 46.6 Å². The van der Waals surface area contributed by atoms with Gasteiger partial charge >= 0.3 is 5.97 Å². The Morgan fingerprint density at radius 1 is 1.38 bits per heavy atom. The van der Waals surface area contributed by atoms with Crippen molar-refractivity contribution < 1.29 is 18.7 Å². The van der Waals surface area contributed by atoms with Crippen LogP contribution in [0.4, 0.5) is 4.39 Å². The summed E-state index contributed by atoms with van der Waals surface area (Å²) in [7, 11) is 1.34. The second kappa shape index (κ2) is 7.45. The molecule has 0 saturated carbocycles. The van der Waals surface area contributed by atoms with Crippen molar-refractivity contribution in [1.29, 1.82) is 0 Å². The predicted octanol–water partition coefficient (Wildman–Crippen LogP) is 2.47. The maximum atomic E-state index is 12.8. The Balaban J connectivity index is 1.81. The maximum absolute atomic E-state index is 12.8. The van der Waals surface area contributed by atoms with E-state index in [2.05, 4.69) is 0 Å². The Labute approximate surface area is 127 Å². The molecule has 21 heavy (non-hydrogen) atoms. The molecule has 1 aliphatic rings. The number of ether oxygens (including phenoxy) is 1. The maximum Gasteiger partial charge on any atom is 0.328 e. The highest BCUT2D eigenvalue weighted by molar-refractivity contribution is 7.99. The first kappa shape index (κ1) is 15.8. The first-order valence-corrected chi connectivity index (χ1v) is 7.86. The van der Waals surface area contributed by atoms with Crippen LogP contribution >= 0.6 is 11.8 Å². The van der Waals surface area contributed by atoms with E-state index in [1.54, 1.807) is 17.0 Å². The number of nitrogens with zero attached hydrogens (tertiary/aromatic N) is 1. The summed E-state index contributed by atoms with van der Waals surface area (Å²) >= 11 is 1.50. The zero-order valence-corrected chi connectivity index (χ0v) is 12.7. The van der Waals surface area contributed by atoms with Crippen LogP contribution in [0.1, 0.15) is 19.3 Å². The van der Waals surface area contributed by atoms with Crippen LogP contribution in [0.3, 0.4) is 0 Å². The van der Waals surface area contributed by atoms with E-state index < -0.39 is 6.04 Å². The molecule has 0 radical (unpaired) electrons. The molecule has 0 N–H and O–H groups in total. The van der Waals surface area contributed by atoms with Crippen LogP contribution in [0.15, 0.2) is 29.2 Å². The van der Waals surface area contributed by atoms with Gasteiger partial charge in [0.2, 0.25) is 5.91 Å². The number of hydrogen-bond donors (Lipinski definition) is 0. The lowest BCUT2D eigenvalue weighted by Gasteiger charge is -2.22. The van der Waals surface area contributed by atoms with Crippen LogP contribution in [0.25, 0.3) is 0 Å². The molecule has 0 aromatic heterocycles. The molecule has 1 aromatic carbocycles. The zero-order chi connectivity index (χ0) is 15.2. The van der Waals surface area contributed by atoms with Crippen LogP contribution < -0.4 is 0 Å². The fourth-order valence-corrected chi connectivity index (χ4v) is 3.22. The Kier molecular flexibility index (Phi) is 5.61. The number of carbonyl (C=O) groups excluding carboxylic acids is 2. The Morgan fingerprint density at radius 3 is 2.76 bits per heavy atom. The first-order chi connectivity index (χ1) is 10.1. The number of methoxy groups -OCH3 is 1. The lowest BCUT2D eigenvalue weighted by Crippen LogP contribution is -2.41. The number of carbonyl (C=O) groups is 2. The lowest BCUT2D eigenvalue weighted by molar-refractivity contribution is -0.150. The van der Waals surface area contributed by atoms with Gasteiger partial charge in [0.15, 0.2) is 0 Å². The molecule has 0 aliphatic carbocycles. The molecule has 114 valence electrons. The van der Waals surface area contributed by atoms with Gasteiger partial charge in [-0.1, -0.05) is 0 Å². The number of esters is 1. The van der Waals surface area contributed by atoms with Crippen molar-refractivity contribution in [3.05, 3.63) is 30.1 Å². The van der Waals surface area contributed by atoms with E-state index in [1.807, 2.05) is 0 Å². The lowest BCUT2D eigenvalue weighted by atomic mass is 10.2. The minimum absolute atomic E-state index is 0.0301. The van der Waals surface area contributed by atoms with E-state index in [0.29, 0.717) is 25.1 Å². The summed E-state index contributed by atoms with van der Waals surface area (Å²) in [6.07, 6.45) is 1.86. The van der Waals surface area contributed by atoms with Crippen molar-refractivity contribution in [3.8, 4) is 0 Å². The van der Waals surface area contributed by atoms with Gasteiger partial charge in [-0.3, -0.25) is 4.79 Å². The summed E-state index contributed by atoms with van der Waals surface area (Å²) in [5.74, 6) is -0.0348. The number of hydrogen-bond acceptors (Lipinski definition) is 4. The van der Waals surface area contributed by atoms with Crippen molar-refractivity contribution in [2.75, 3.05) is 19.4 Å². The molecule has 1 heterocycles. The summed E-state index contributed by atoms with van der Waals surface area (Å²) in [5, 5.41) is 0. The highest BCUT2D eigenvalue weighted by Crippen LogP contribution is 2.22. The van der Waals surface area contributed by atoms with Crippen molar-refractivity contribution in [2.45, 2.75) is 30.2 Å². The number of likely N-dealkylation sites (tertiary alicyclic amines) is 1. The van der Waals surface area contributed by atoms with Gasteiger partial charge in [0.25, 0.3) is 0 Å². The van der Waals surface area contributed by atoms with Gasteiger partial charge in [0.1, 0.15) is 11.9 Å². The van der Waals surface area contributed by atoms with Crippen molar-refractivity contribution in [1.82, 2.24) is 4.90 Å². The molecule has 1 amide bonds. The van der Waals surface area contributed by atoms with E-state index >= 15 is 0 Å². The van der Waals surface area contributed by atoms with Crippen LogP contribution in [-0.2, 0) is 14.3 Å². The van der Waals surface area contributed by atoms with Crippen LogP contribution in [0.2, 0.25) is 0 Å². The number of amides is 1. The molecular weight excluding hydrogens is 293 g/mol. The molecular formula is C15H18FNO3S. The summed E-state index contributed by atoms with van der Waals surface area (Å²) in [4.78, 5) is 26.3. The second-order valence-corrected chi connectivity index (χ2v) is 5.99. The summed E-state index contributed by atoms with van der Waals surface area (Å²) in [6.45, 7) is 0.611. The average Bonchev–Trinajstić information content (AvgIpc) is 2.98. The van der Waals surface area contributed by atoms with E-state index in [9.17, 15) is 14.0 Å². The minimum atomic E-state index is -0.432. The van der Waals surface area contributed by atoms with Crippen molar-refractivity contribution in [3.63, 3.8) is 0 Å². The fourth-order valence-electron chi connectivity index (χ4n) is 2.38. The molecule has 6 heteroatoms. The predicted molar refractivity (Wildman–Crippen MR) is 78.5 cm³/mol. The highest BCUT2D eigenvalue weighted by atomic mass is 32.2. The molecule has 2 rings (SSSR count). The van der Waals surface area contributed by atoms with Crippen LogP contribution in [0, 0.1) is 5.82 Å². The van der Waals surface area contributed by atoms with Gasteiger partial charge < -0.3 is 9.64 Å². The third-order valence-corrected chi connectivity index (χ3v) is 4.46. The van der Waals surface area contributed by atoms with Crippen molar-refractivity contribution >= 4 is 23.6 Å². The summed E-state index contributed by atoms with van der Waals surface area (Å²) in [6, 6.07) is 5.75. The van der Waals surface area contributed by atoms with E-state index in [-0.39, 0.29) is 17.7 Å². The molecule has 1 unspecified atom stereocenters. The number of benzene rings is 1. The largest absolute Gasteiger partial charge is 0.467 e. The molecule has 1 aliphatic heterocycles. The molecule has 1 aromatic rings. The van der Waals surface area contributed by atoms with Gasteiger partial charge in [0, 0.05) is 23.6 Å². The minimum Gasteiger partial charge on any atom is -0.467 e. The third-order valence-electron chi connectivity index (χ3n) is 3.44. The van der Waals surface area contributed by atoms with E-state index in [0.717, 1.165) is 11.3 Å². The fraction of sp³-hybridized carbons (Fsp3) is 0.467. The second-order valence-electron chi connectivity index (χ2n) is 4.82. The van der Waals surface area contributed by atoms with Crippen LogP contribution in [0.5, 0.6) is 0 Å². The van der Waals surface area contributed by atoms with Gasteiger partial charge in [-0.15, -0.1) is 11.8 Å². The third kappa shape index (κ3) is 4.20.